The van der Waals surface area contributed by atoms with Crippen molar-refractivity contribution in [3.05, 3.63) is 5.82 Å². The molecule has 0 aliphatic rings. The second-order valence-electron chi connectivity index (χ2n) is 2.03. The summed E-state index contributed by atoms with van der Waals surface area (Å²) in [7, 11) is 0. The quantitative estimate of drug-likeness (QED) is 0.544. The predicted molar refractivity (Wildman–Crippen MR) is 46.6 cm³/mol. The molecule has 0 aliphatic heterocycles. The largest absolute Gasteiger partial charge is 0.359 e. The molecule has 0 amide bonds. The molecule has 1 aromatic heterocycles. The number of rotatable bonds is 3. The van der Waals surface area contributed by atoms with E-state index in [4.69, 9.17) is 6.42 Å². The van der Waals surface area contributed by atoms with Gasteiger partial charge in [-0.2, -0.15) is 4.37 Å². The van der Waals surface area contributed by atoms with Gasteiger partial charge in [-0.1, -0.05) is 0 Å². The van der Waals surface area contributed by atoms with Gasteiger partial charge in [-0.25, -0.2) is 4.98 Å². The Hall–Kier alpha value is -1.08. The zero-order chi connectivity index (χ0) is 8.10. The highest BCUT2D eigenvalue weighted by Gasteiger charge is 1.96. The molecule has 0 spiro atoms. The number of aromatic nitrogens is 2. The molecule has 4 heteroatoms. The zero-order valence-corrected chi connectivity index (χ0v) is 7.11. The lowest BCUT2D eigenvalue weighted by Gasteiger charge is -1.94. The summed E-state index contributed by atoms with van der Waals surface area (Å²) in [5.74, 6) is 3.34. The highest BCUT2D eigenvalue weighted by Crippen LogP contribution is 2.09. The lowest BCUT2D eigenvalue weighted by molar-refractivity contribution is 1.07. The molecule has 0 radical (unpaired) electrons. The van der Waals surface area contributed by atoms with Crippen LogP contribution in [0, 0.1) is 19.3 Å². The first-order valence-electron chi connectivity index (χ1n) is 3.30. The van der Waals surface area contributed by atoms with Crippen LogP contribution in [0.25, 0.3) is 0 Å². The number of hydrogen-bond acceptors (Lipinski definition) is 4. The van der Waals surface area contributed by atoms with Crippen molar-refractivity contribution >= 4 is 16.7 Å². The van der Waals surface area contributed by atoms with Crippen molar-refractivity contribution in [3.8, 4) is 12.3 Å². The molecule has 1 N–H and O–H groups in total. The molecule has 0 saturated heterocycles. The van der Waals surface area contributed by atoms with E-state index in [0.717, 1.165) is 23.9 Å². The van der Waals surface area contributed by atoms with Crippen LogP contribution >= 0.6 is 11.5 Å². The first-order valence-corrected chi connectivity index (χ1v) is 4.08. The fourth-order valence-corrected chi connectivity index (χ4v) is 1.21. The van der Waals surface area contributed by atoms with Crippen LogP contribution in [-0.4, -0.2) is 15.9 Å². The van der Waals surface area contributed by atoms with Gasteiger partial charge in [-0.3, -0.25) is 0 Å². The van der Waals surface area contributed by atoms with Crippen molar-refractivity contribution in [2.75, 3.05) is 11.9 Å². The Morgan fingerprint density at radius 1 is 1.73 bits per heavy atom. The van der Waals surface area contributed by atoms with Gasteiger partial charge in [0.05, 0.1) is 0 Å². The summed E-state index contributed by atoms with van der Waals surface area (Å²) < 4.78 is 4.01. The van der Waals surface area contributed by atoms with E-state index in [1.54, 1.807) is 0 Å². The normalized spacial score (nSPS) is 9.09. The Balaban J connectivity index is 2.34. The Morgan fingerprint density at radius 3 is 3.09 bits per heavy atom. The molecule has 1 rings (SSSR count). The summed E-state index contributed by atoms with van der Waals surface area (Å²) in [5.41, 5.74) is 0. The van der Waals surface area contributed by atoms with Crippen LogP contribution in [0.2, 0.25) is 0 Å². The number of hydrogen-bond donors (Lipinski definition) is 1. The molecule has 58 valence electrons. The van der Waals surface area contributed by atoms with E-state index in [-0.39, 0.29) is 0 Å². The van der Waals surface area contributed by atoms with Crippen LogP contribution in [0.15, 0.2) is 0 Å². The van der Waals surface area contributed by atoms with Crippen LogP contribution in [0.5, 0.6) is 0 Å². The van der Waals surface area contributed by atoms with E-state index in [0.29, 0.717) is 0 Å². The second-order valence-corrected chi connectivity index (χ2v) is 2.78. The third-order valence-corrected chi connectivity index (χ3v) is 1.84. The van der Waals surface area contributed by atoms with Crippen LogP contribution in [0.4, 0.5) is 5.13 Å². The second kappa shape index (κ2) is 3.94. The molecular weight excluding hydrogens is 158 g/mol. The topological polar surface area (TPSA) is 37.8 Å². The molecule has 3 nitrogen and oxygen atoms in total. The SMILES string of the molecule is C#CCCNc1nc(C)ns1. The maximum Gasteiger partial charge on any atom is 0.202 e. The average Bonchev–Trinajstić information content (AvgIpc) is 2.37. The molecule has 1 aromatic rings. The zero-order valence-electron chi connectivity index (χ0n) is 6.29. The highest BCUT2D eigenvalue weighted by molar-refractivity contribution is 7.09. The van der Waals surface area contributed by atoms with Gasteiger partial charge in [0.1, 0.15) is 5.82 Å². The summed E-state index contributed by atoms with van der Waals surface area (Å²) in [6.07, 6.45) is 5.80. The van der Waals surface area contributed by atoms with Crippen molar-refractivity contribution in [1.82, 2.24) is 9.36 Å². The number of nitrogens with one attached hydrogen (secondary N) is 1. The summed E-state index contributed by atoms with van der Waals surface area (Å²) in [4.78, 5) is 4.11. The molecule has 0 atom stereocenters. The summed E-state index contributed by atoms with van der Waals surface area (Å²) in [6.45, 7) is 2.63. The smallest absolute Gasteiger partial charge is 0.202 e. The predicted octanol–water partition coefficient (Wildman–Crippen LogP) is 1.28. The maximum absolute atomic E-state index is 5.08. The molecule has 0 aliphatic carbocycles. The van der Waals surface area contributed by atoms with Gasteiger partial charge in [0.25, 0.3) is 0 Å². The Kier molecular flexibility index (Phi) is 2.87. The van der Waals surface area contributed by atoms with Crippen LogP contribution in [-0.2, 0) is 0 Å². The summed E-state index contributed by atoms with van der Waals surface area (Å²) >= 11 is 1.36. The van der Waals surface area contributed by atoms with E-state index < -0.39 is 0 Å². The van der Waals surface area contributed by atoms with Gasteiger partial charge in [0.15, 0.2) is 0 Å². The van der Waals surface area contributed by atoms with Gasteiger partial charge >= 0.3 is 0 Å². The van der Waals surface area contributed by atoms with Crippen LogP contribution in [0.3, 0.4) is 0 Å². The van der Waals surface area contributed by atoms with Crippen molar-refractivity contribution in [3.63, 3.8) is 0 Å². The van der Waals surface area contributed by atoms with E-state index >= 15 is 0 Å². The minimum atomic E-state index is 0.721. The van der Waals surface area contributed by atoms with Crippen LogP contribution < -0.4 is 5.32 Å². The minimum Gasteiger partial charge on any atom is -0.359 e. The van der Waals surface area contributed by atoms with E-state index in [2.05, 4.69) is 20.6 Å². The Morgan fingerprint density at radius 2 is 2.55 bits per heavy atom. The average molecular weight is 167 g/mol. The number of aryl methyl sites for hydroxylation is 1. The Labute approximate surface area is 70.0 Å². The molecule has 11 heavy (non-hydrogen) atoms. The highest BCUT2D eigenvalue weighted by atomic mass is 32.1. The number of anilines is 1. The van der Waals surface area contributed by atoms with E-state index in [1.165, 1.54) is 11.5 Å². The van der Waals surface area contributed by atoms with Gasteiger partial charge in [0.2, 0.25) is 5.13 Å². The maximum atomic E-state index is 5.08. The lowest BCUT2D eigenvalue weighted by Crippen LogP contribution is -1.99. The van der Waals surface area contributed by atoms with Gasteiger partial charge < -0.3 is 5.32 Å². The third kappa shape index (κ3) is 2.56. The monoisotopic (exact) mass is 167 g/mol. The fraction of sp³-hybridized carbons (Fsp3) is 0.429. The molecule has 0 fully saturated rings. The fourth-order valence-electron chi connectivity index (χ4n) is 0.610. The first kappa shape index (κ1) is 8.02. The van der Waals surface area contributed by atoms with Gasteiger partial charge in [-0.05, 0) is 6.92 Å². The molecule has 0 saturated carbocycles. The molecule has 1 heterocycles. The molecule has 0 unspecified atom stereocenters. The first-order chi connectivity index (χ1) is 5.33. The lowest BCUT2D eigenvalue weighted by atomic mass is 10.4. The van der Waals surface area contributed by atoms with Crippen LogP contribution in [0.1, 0.15) is 12.2 Å². The van der Waals surface area contributed by atoms with Gasteiger partial charge in [-0.15, -0.1) is 12.3 Å². The van der Waals surface area contributed by atoms with Crippen molar-refractivity contribution in [1.29, 1.82) is 0 Å². The van der Waals surface area contributed by atoms with Crippen molar-refractivity contribution in [2.45, 2.75) is 13.3 Å². The molecular formula is C7H9N3S. The third-order valence-electron chi connectivity index (χ3n) is 1.07. The van der Waals surface area contributed by atoms with Crippen molar-refractivity contribution in [2.24, 2.45) is 0 Å². The molecule has 0 bridgehead atoms. The Bertz CT molecular complexity index is 261. The van der Waals surface area contributed by atoms with Gasteiger partial charge in [0, 0.05) is 24.5 Å². The number of terminal acetylenes is 1. The molecule has 0 aromatic carbocycles. The van der Waals surface area contributed by atoms with E-state index in [9.17, 15) is 0 Å². The van der Waals surface area contributed by atoms with E-state index in [1.807, 2.05) is 6.92 Å². The minimum absolute atomic E-state index is 0.721. The summed E-state index contributed by atoms with van der Waals surface area (Å²) in [5, 5.41) is 3.91. The summed E-state index contributed by atoms with van der Waals surface area (Å²) in [6, 6.07) is 0. The standard InChI is InChI=1S/C7H9N3S/c1-3-4-5-8-7-9-6(2)10-11-7/h1H,4-5H2,2H3,(H,8,9,10). The number of nitrogens with zero attached hydrogens (tertiary/aromatic N) is 2. The van der Waals surface area contributed by atoms with Crippen molar-refractivity contribution < 1.29 is 0 Å².